The van der Waals surface area contributed by atoms with Gasteiger partial charge in [0.15, 0.2) is 0 Å². The third-order valence-corrected chi connectivity index (χ3v) is 5.31. The van der Waals surface area contributed by atoms with Crippen molar-refractivity contribution in [3.05, 3.63) is 70.5 Å². The largest absolute Gasteiger partial charge is 0.338 e. The third-order valence-electron chi connectivity index (χ3n) is 5.31. The number of carbonyl (C=O) groups is 2. The zero-order chi connectivity index (χ0) is 21.8. The summed E-state index contributed by atoms with van der Waals surface area (Å²) in [4.78, 5) is 26.4. The molecule has 0 unspecified atom stereocenters. The molecule has 0 fully saturated rings. The molecule has 1 aliphatic rings. The minimum absolute atomic E-state index is 0.104. The Kier molecular flexibility index (Phi) is 6.50. The van der Waals surface area contributed by atoms with Crippen LogP contribution in [-0.4, -0.2) is 47.7 Å². The van der Waals surface area contributed by atoms with Gasteiger partial charge in [-0.2, -0.15) is 5.10 Å². The summed E-state index contributed by atoms with van der Waals surface area (Å²) in [5.74, 6) is -0.627. The van der Waals surface area contributed by atoms with E-state index in [2.05, 4.69) is 16.5 Å². The highest BCUT2D eigenvalue weighted by Gasteiger charge is 2.34. The van der Waals surface area contributed by atoms with Gasteiger partial charge in [0.1, 0.15) is 12.4 Å². The Morgan fingerprint density at radius 2 is 1.87 bits per heavy atom. The van der Waals surface area contributed by atoms with E-state index in [-0.39, 0.29) is 30.3 Å². The van der Waals surface area contributed by atoms with Crippen LogP contribution in [0, 0.1) is 19.7 Å². The first-order valence-corrected chi connectivity index (χ1v) is 10.0. The number of hydrogen-bond donors (Lipinski definition) is 1. The zero-order valence-corrected chi connectivity index (χ0v) is 17.8. The molecule has 158 valence electrons. The Hall–Kier alpha value is -3.22. The molecule has 6 nitrogen and oxygen atoms in total. The predicted molar refractivity (Wildman–Crippen MR) is 115 cm³/mol. The Balaban J connectivity index is 1.90. The highest BCUT2D eigenvalue weighted by atomic mass is 19.1. The number of nitrogens with one attached hydrogen (secondary N) is 1. The van der Waals surface area contributed by atoms with Crippen molar-refractivity contribution in [2.75, 3.05) is 20.1 Å². The van der Waals surface area contributed by atoms with Crippen molar-refractivity contribution in [1.82, 2.24) is 15.2 Å². The van der Waals surface area contributed by atoms with Gasteiger partial charge in [-0.3, -0.25) is 4.79 Å². The topological polar surface area (TPSA) is 65.0 Å². The SMILES string of the molecule is CCNC(=O)N(C)CC(=O)N1N=C(c2ccc(C)c(C)c2)C[C@@H]1c1ccc(F)cc1. The highest BCUT2D eigenvalue weighted by Crippen LogP contribution is 2.33. The summed E-state index contributed by atoms with van der Waals surface area (Å²) >= 11 is 0. The van der Waals surface area contributed by atoms with E-state index >= 15 is 0 Å². The number of hydrazone groups is 1. The van der Waals surface area contributed by atoms with E-state index in [0.717, 1.165) is 22.4 Å². The second kappa shape index (κ2) is 9.07. The van der Waals surface area contributed by atoms with Crippen LogP contribution in [0.15, 0.2) is 47.6 Å². The van der Waals surface area contributed by atoms with Crippen LogP contribution in [0.5, 0.6) is 0 Å². The van der Waals surface area contributed by atoms with Crippen molar-refractivity contribution in [3.8, 4) is 0 Å². The van der Waals surface area contributed by atoms with E-state index in [1.165, 1.54) is 27.6 Å². The lowest BCUT2D eigenvalue weighted by Crippen LogP contribution is -2.43. The van der Waals surface area contributed by atoms with Crippen LogP contribution < -0.4 is 5.32 Å². The lowest BCUT2D eigenvalue weighted by Gasteiger charge is -2.25. The van der Waals surface area contributed by atoms with Gasteiger partial charge < -0.3 is 10.2 Å². The molecule has 0 aliphatic carbocycles. The molecule has 1 N–H and O–H groups in total. The standard InChI is InChI=1S/C23H27FN4O2/c1-5-25-23(30)27(4)14-22(29)28-21(17-8-10-19(24)11-9-17)13-20(26-28)18-7-6-15(2)16(3)12-18/h6-12,21H,5,13-14H2,1-4H3,(H,25,30)/t21-/m1/s1. The minimum atomic E-state index is -0.350. The maximum atomic E-state index is 13.4. The van der Waals surface area contributed by atoms with Crippen LogP contribution in [0.3, 0.4) is 0 Å². The van der Waals surface area contributed by atoms with Gasteiger partial charge in [-0.05, 0) is 61.2 Å². The second-order valence-corrected chi connectivity index (χ2v) is 7.55. The summed E-state index contributed by atoms with van der Waals surface area (Å²) in [5, 5.41) is 8.72. The fourth-order valence-corrected chi connectivity index (χ4v) is 3.41. The van der Waals surface area contributed by atoms with Gasteiger partial charge in [0.05, 0.1) is 11.8 Å². The molecule has 0 saturated carbocycles. The summed E-state index contributed by atoms with van der Waals surface area (Å²) in [6.07, 6.45) is 0.519. The number of amides is 3. The third kappa shape index (κ3) is 4.67. The van der Waals surface area contributed by atoms with E-state index in [4.69, 9.17) is 0 Å². The van der Waals surface area contributed by atoms with Crippen molar-refractivity contribution < 1.29 is 14.0 Å². The molecular formula is C23H27FN4O2. The summed E-state index contributed by atoms with van der Waals surface area (Å²) in [6, 6.07) is 11.5. The van der Waals surface area contributed by atoms with Crippen LogP contribution in [0.25, 0.3) is 0 Å². The Morgan fingerprint density at radius 1 is 1.17 bits per heavy atom. The van der Waals surface area contributed by atoms with Gasteiger partial charge in [-0.1, -0.05) is 24.3 Å². The quantitative estimate of drug-likeness (QED) is 0.815. The van der Waals surface area contributed by atoms with Crippen LogP contribution in [0.1, 0.15) is 41.6 Å². The van der Waals surface area contributed by atoms with Crippen molar-refractivity contribution in [2.24, 2.45) is 5.10 Å². The molecule has 0 bridgehead atoms. The molecule has 3 amide bonds. The first kappa shape index (κ1) is 21.5. The molecule has 1 aliphatic heterocycles. The van der Waals surface area contributed by atoms with E-state index in [1.54, 1.807) is 19.2 Å². The number of hydrogen-bond acceptors (Lipinski definition) is 3. The number of urea groups is 1. The maximum Gasteiger partial charge on any atom is 0.317 e. The normalized spacial score (nSPS) is 15.7. The Morgan fingerprint density at radius 3 is 2.50 bits per heavy atom. The molecule has 1 heterocycles. The van der Waals surface area contributed by atoms with E-state index in [1.807, 2.05) is 32.9 Å². The Labute approximate surface area is 176 Å². The van der Waals surface area contributed by atoms with Crippen molar-refractivity contribution in [2.45, 2.75) is 33.2 Å². The minimum Gasteiger partial charge on any atom is -0.338 e. The molecule has 2 aromatic rings. The van der Waals surface area contributed by atoms with Crippen molar-refractivity contribution in [3.63, 3.8) is 0 Å². The van der Waals surface area contributed by atoms with E-state index < -0.39 is 0 Å². The second-order valence-electron chi connectivity index (χ2n) is 7.55. The lowest BCUT2D eigenvalue weighted by atomic mass is 9.96. The van der Waals surface area contributed by atoms with Crippen LogP contribution >= 0.6 is 0 Å². The van der Waals surface area contributed by atoms with Gasteiger partial charge >= 0.3 is 6.03 Å². The predicted octanol–water partition coefficient (Wildman–Crippen LogP) is 3.78. The molecule has 0 spiro atoms. The number of nitrogens with zero attached hydrogens (tertiary/aromatic N) is 3. The molecule has 0 saturated heterocycles. The number of carbonyl (C=O) groups excluding carboxylic acids is 2. The first-order chi connectivity index (χ1) is 14.3. The van der Waals surface area contributed by atoms with Crippen molar-refractivity contribution in [1.29, 1.82) is 0 Å². The molecule has 2 aromatic carbocycles. The monoisotopic (exact) mass is 410 g/mol. The molecule has 3 rings (SSSR count). The van der Waals surface area contributed by atoms with Gasteiger partial charge in [-0.15, -0.1) is 0 Å². The smallest absolute Gasteiger partial charge is 0.317 e. The van der Waals surface area contributed by atoms with Crippen LogP contribution in [0.4, 0.5) is 9.18 Å². The number of aryl methyl sites for hydroxylation is 2. The number of rotatable bonds is 5. The first-order valence-electron chi connectivity index (χ1n) is 10.0. The summed E-state index contributed by atoms with van der Waals surface area (Å²) in [5.41, 5.74) is 4.88. The van der Waals surface area contributed by atoms with Gasteiger partial charge in [-0.25, -0.2) is 14.2 Å². The van der Waals surface area contributed by atoms with Crippen LogP contribution in [0.2, 0.25) is 0 Å². The summed E-state index contributed by atoms with van der Waals surface area (Å²) in [7, 11) is 1.57. The number of halogens is 1. The molecule has 30 heavy (non-hydrogen) atoms. The Bertz CT molecular complexity index is 972. The zero-order valence-electron chi connectivity index (χ0n) is 17.8. The fraction of sp³-hybridized carbons (Fsp3) is 0.348. The average Bonchev–Trinajstić information content (AvgIpc) is 3.16. The molecule has 1 atom stereocenters. The fourth-order valence-electron chi connectivity index (χ4n) is 3.41. The average molecular weight is 410 g/mol. The number of likely N-dealkylation sites (N-methyl/N-ethyl adjacent to an activating group) is 1. The maximum absolute atomic E-state index is 13.4. The van der Waals surface area contributed by atoms with Gasteiger partial charge in [0.25, 0.3) is 5.91 Å². The molecular weight excluding hydrogens is 383 g/mol. The molecule has 0 aromatic heterocycles. The highest BCUT2D eigenvalue weighted by molar-refractivity contribution is 6.03. The van der Waals surface area contributed by atoms with E-state index in [0.29, 0.717) is 13.0 Å². The molecule has 0 radical (unpaired) electrons. The van der Waals surface area contributed by atoms with Crippen molar-refractivity contribution >= 4 is 17.6 Å². The lowest BCUT2D eigenvalue weighted by molar-refractivity contribution is -0.133. The van der Waals surface area contributed by atoms with Gasteiger partial charge in [0.2, 0.25) is 0 Å². The molecule has 7 heteroatoms. The van der Waals surface area contributed by atoms with E-state index in [9.17, 15) is 14.0 Å². The summed E-state index contributed by atoms with van der Waals surface area (Å²) in [6.45, 7) is 6.28. The van der Waals surface area contributed by atoms with Crippen LogP contribution in [-0.2, 0) is 4.79 Å². The number of benzene rings is 2. The summed E-state index contributed by atoms with van der Waals surface area (Å²) < 4.78 is 13.4. The van der Waals surface area contributed by atoms with Gasteiger partial charge in [0, 0.05) is 20.0 Å².